The molecule has 0 N–H and O–H groups in total. The molecule has 0 saturated carbocycles. The lowest BCUT2D eigenvalue weighted by atomic mass is 10.0. The van der Waals surface area contributed by atoms with Gasteiger partial charge in [0.2, 0.25) is 0 Å². The standard InChI is InChI=1S/C15H11BrCl2O/c1-9-5-6-10(12(16)7-9)15(19)8-11-13(17)3-2-4-14(11)18/h2-7H,8H2,1H3. The maximum Gasteiger partial charge on any atom is 0.168 e. The SMILES string of the molecule is Cc1ccc(C(=O)Cc2c(Cl)cccc2Cl)c(Br)c1. The first-order valence-corrected chi connectivity index (χ1v) is 7.26. The highest BCUT2D eigenvalue weighted by Crippen LogP contribution is 2.27. The van der Waals surface area contributed by atoms with Gasteiger partial charge in [-0.15, -0.1) is 0 Å². The Labute approximate surface area is 130 Å². The van der Waals surface area contributed by atoms with Crippen molar-refractivity contribution in [3.05, 3.63) is 67.6 Å². The van der Waals surface area contributed by atoms with E-state index in [1.165, 1.54) is 0 Å². The Balaban J connectivity index is 2.31. The van der Waals surface area contributed by atoms with Crippen molar-refractivity contribution in [2.75, 3.05) is 0 Å². The van der Waals surface area contributed by atoms with E-state index < -0.39 is 0 Å². The maximum absolute atomic E-state index is 12.3. The number of carbonyl (C=O) groups excluding carboxylic acids is 1. The van der Waals surface area contributed by atoms with Crippen molar-refractivity contribution in [3.63, 3.8) is 0 Å². The number of hydrogen-bond acceptors (Lipinski definition) is 1. The topological polar surface area (TPSA) is 17.1 Å². The largest absolute Gasteiger partial charge is 0.294 e. The average Bonchev–Trinajstić information content (AvgIpc) is 2.33. The minimum absolute atomic E-state index is 0.0122. The highest BCUT2D eigenvalue weighted by molar-refractivity contribution is 9.10. The fraction of sp³-hybridized carbons (Fsp3) is 0.133. The first-order valence-electron chi connectivity index (χ1n) is 5.71. The molecular weight excluding hydrogens is 347 g/mol. The zero-order valence-corrected chi connectivity index (χ0v) is 13.3. The van der Waals surface area contributed by atoms with Crippen molar-refractivity contribution in [2.24, 2.45) is 0 Å². The number of Topliss-reactive ketones (excluding diaryl/α,β-unsaturated/α-hetero) is 1. The van der Waals surface area contributed by atoms with E-state index in [9.17, 15) is 4.79 Å². The molecule has 0 fully saturated rings. The van der Waals surface area contributed by atoms with Crippen molar-refractivity contribution in [3.8, 4) is 0 Å². The number of ketones is 1. The van der Waals surface area contributed by atoms with Crippen LogP contribution in [0.1, 0.15) is 21.5 Å². The molecule has 0 atom stereocenters. The molecule has 0 aliphatic carbocycles. The molecule has 0 unspecified atom stereocenters. The second kappa shape index (κ2) is 6.08. The Hall–Kier alpha value is -0.830. The molecule has 0 spiro atoms. The van der Waals surface area contributed by atoms with Gasteiger partial charge in [0.25, 0.3) is 0 Å². The van der Waals surface area contributed by atoms with Crippen LogP contribution < -0.4 is 0 Å². The quantitative estimate of drug-likeness (QED) is 0.664. The predicted octanol–water partition coefficient (Wildman–Crippen LogP) is 5.49. The molecule has 0 radical (unpaired) electrons. The zero-order chi connectivity index (χ0) is 14.0. The summed E-state index contributed by atoms with van der Waals surface area (Å²) in [5.74, 6) is -0.0122. The lowest BCUT2D eigenvalue weighted by Crippen LogP contribution is -2.05. The Kier molecular flexibility index (Phi) is 4.67. The Morgan fingerprint density at radius 1 is 1.16 bits per heavy atom. The van der Waals surface area contributed by atoms with Crippen molar-refractivity contribution in [1.29, 1.82) is 0 Å². The lowest BCUT2D eigenvalue weighted by molar-refractivity contribution is 0.0992. The van der Waals surface area contributed by atoms with Crippen LogP contribution in [0.15, 0.2) is 40.9 Å². The van der Waals surface area contributed by atoms with E-state index in [4.69, 9.17) is 23.2 Å². The molecule has 2 aromatic carbocycles. The van der Waals surface area contributed by atoms with Gasteiger partial charge in [0.05, 0.1) is 0 Å². The highest BCUT2D eigenvalue weighted by atomic mass is 79.9. The normalized spacial score (nSPS) is 10.5. The highest BCUT2D eigenvalue weighted by Gasteiger charge is 2.14. The van der Waals surface area contributed by atoms with Gasteiger partial charge in [-0.25, -0.2) is 0 Å². The lowest BCUT2D eigenvalue weighted by Gasteiger charge is -2.08. The predicted molar refractivity (Wildman–Crippen MR) is 83.4 cm³/mol. The van der Waals surface area contributed by atoms with E-state index in [0.717, 1.165) is 10.0 Å². The van der Waals surface area contributed by atoms with Crippen LogP contribution in [0.3, 0.4) is 0 Å². The van der Waals surface area contributed by atoms with E-state index in [0.29, 0.717) is 21.2 Å². The van der Waals surface area contributed by atoms with Crippen LogP contribution in [-0.4, -0.2) is 5.78 Å². The van der Waals surface area contributed by atoms with Gasteiger partial charge in [0.1, 0.15) is 0 Å². The third-order valence-electron chi connectivity index (χ3n) is 2.82. The van der Waals surface area contributed by atoms with E-state index >= 15 is 0 Å². The van der Waals surface area contributed by atoms with E-state index in [2.05, 4.69) is 15.9 Å². The molecule has 0 aromatic heterocycles. The fourth-order valence-corrected chi connectivity index (χ4v) is 3.05. The maximum atomic E-state index is 12.3. The summed E-state index contributed by atoms with van der Waals surface area (Å²) in [6.45, 7) is 1.98. The molecule has 2 aromatic rings. The van der Waals surface area contributed by atoms with Crippen molar-refractivity contribution >= 4 is 44.9 Å². The molecule has 98 valence electrons. The summed E-state index contributed by atoms with van der Waals surface area (Å²) in [7, 11) is 0. The first kappa shape index (κ1) is 14.6. The van der Waals surface area contributed by atoms with Crippen LogP contribution in [0.2, 0.25) is 10.0 Å². The molecular formula is C15H11BrCl2O. The van der Waals surface area contributed by atoms with Gasteiger partial charge in [0.15, 0.2) is 5.78 Å². The van der Waals surface area contributed by atoms with Gasteiger partial charge in [0, 0.05) is 26.5 Å². The molecule has 0 aliphatic heterocycles. The zero-order valence-electron chi connectivity index (χ0n) is 10.2. The first-order chi connectivity index (χ1) is 8.99. The second-order valence-corrected chi connectivity index (χ2v) is 5.95. The molecule has 0 saturated heterocycles. The van der Waals surface area contributed by atoms with Gasteiger partial charge in [-0.3, -0.25) is 4.79 Å². The molecule has 0 amide bonds. The summed E-state index contributed by atoms with van der Waals surface area (Å²) in [6.07, 6.45) is 0.195. The van der Waals surface area contributed by atoms with Gasteiger partial charge in [-0.05, 0) is 42.3 Å². The van der Waals surface area contributed by atoms with Crippen molar-refractivity contribution < 1.29 is 4.79 Å². The number of carbonyl (C=O) groups is 1. The summed E-state index contributed by atoms with van der Waals surface area (Å²) in [4.78, 5) is 12.3. The van der Waals surface area contributed by atoms with E-state index in [1.54, 1.807) is 18.2 Å². The number of aryl methyl sites for hydroxylation is 1. The van der Waals surface area contributed by atoms with Gasteiger partial charge in [-0.1, -0.05) is 51.3 Å². The van der Waals surface area contributed by atoms with Crippen LogP contribution in [0.4, 0.5) is 0 Å². The third kappa shape index (κ3) is 3.38. The minimum Gasteiger partial charge on any atom is -0.294 e. The summed E-state index contributed by atoms with van der Waals surface area (Å²) < 4.78 is 0.792. The van der Waals surface area contributed by atoms with E-state index in [-0.39, 0.29) is 12.2 Å². The van der Waals surface area contributed by atoms with Crippen molar-refractivity contribution in [2.45, 2.75) is 13.3 Å². The Morgan fingerprint density at radius 3 is 2.37 bits per heavy atom. The van der Waals surface area contributed by atoms with Gasteiger partial charge < -0.3 is 0 Å². The molecule has 1 nitrogen and oxygen atoms in total. The fourth-order valence-electron chi connectivity index (χ4n) is 1.80. The molecule has 19 heavy (non-hydrogen) atoms. The molecule has 0 bridgehead atoms. The second-order valence-electron chi connectivity index (χ2n) is 4.28. The van der Waals surface area contributed by atoms with Crippen LogP contribution in [0.5, 0.6) is 0 Å². The number of benzene rings is 2. The molecule has 2 rings (SSSR count). The summed E-state index contributed by atoms with van der Waals surface area (Å²) in [5.41, 5.74) is 2.41. The molecule has 0 aliphatic rings. The van der Waals surface area contributed by atoms with Gasteiger partial charge in [-0.2, -0.15) is 0 Å². The van der Waals surface area contributed by atoms with Crippen LogP contribution in [-0.2, 0) is 6.42 Å². The monoisotopic (exact) mass is 356 g/mol. The van der Waals surface area contributed by atoms with Gasteiger partial charge >= 0.3 is 0 Å². The Bertz CT molecular complexity index is 618. The smallest absolute Gasteiger partial charge is 0.168 e. The molecule has 0 heterocycles. The summed E-state index contributed by atoms with van der Waals surface area (Å²) >= 11 is 15.6. The number of halogens is 3. The van der Waals surface area contributed by atoms with Crippen molar-refractivity contribution in [1.82, 2.24) is 0 Å². The third-order valence-corrected chi connectivity index (χ3v) is 4.19. The van der Waals surface area contributed by atoms with Crippen LogP contribution in [0.25, 0.3) is 0 Å². The number of rotatable bonds is 3. The van der Waals surface area contributed by atoms with E-state index in [1.807, 2.05) is 25.1 Å². The Morgan fingerprint density at radius 2 is 1.79 bits per heavy atom. The minimum atomic E-state index is -0.0122. The number of hydrogen-bond donors (Lipinski definition) is 0. The van der Waals surface area contributed by atoms with Crippen LogP contribution in [0, 0.1) is 6.92 Å². The summed E-state index contributed by atoms with van der Waals surface area (Å²) in [5, 5.41) is 1.04. The van der Waals surface area contributed by atoms with Crippen LogP contribution >= 0.6 is 39.1 Å². The summed E-state index contributed by atoms with van der Waals surface area (Å²) in [6, 6.07) is 10.9. The molecule has 4 heteroatoms. The average molecular weight is 358 g/mol.